The summed E-state index contributed by atoms with van der Waals surface area (Å²) in [6.45, 7) is 2.13. The second-order valence-corrected chi connectivity index (χ2v) is 12.0. The molecule has 2 unspecified atom stereocenters. The number of ether oxygens (including phenoxy) is 1. The maximum Gasteiger partial charge on any atom is 0.259 e. The molecule has 0 radical (unpaired) electrons. The maximum atomic E-state index is 13.9. The minimum atomic E-state index is -0.681. The molecule has 5 aromatic rings. The molecule has 10 heteroatoms. The number of nitrogens with zero attached hydrogens (tertiary/aromatic N) is 2. The Morgan fingerprint density at radius 1 is 0.860 bits per heavy atom. The van der Waals surface area contributed by atoms with Gasteiger partial charge in [-0.2, -0.15) is 0 Å². The van der Waals surface area contributed by atoms with E-state index in [1.807, 2.05) is 55.5 Å². The number of nitrogens with one attached hydrogen (secondary N) is 2. The molecule has 2 aliphatic carbocycles. The second-order valence-electron chi connectivity index (χ2n) is 12.0. The van der Waals surface area contributed by atoms with Gasteiger partial charge in [0, 0.05) is 10.9 Å². The number of hydrogen-bond donors (Lipinski definition) is 3. The SMILES string of the molecule is COc1ccc(CONc2ccccc2)cc1N=Nc1c(O)c(C(=O)Nc2cccc3c2C(=O)C2C=CC=CC2C3=O)cc2cc(C)ccc12. The van der Waals surface area contributed by atoms with Crippen molar-refractivity contribution < 1.29 is 29.1 Å². The molecule has 2 atom stereocenters. The summed E-state index contributed by atoms with van der Waals surface area (Å²) in [5.41, 5.74) is 6.39. The summed E-state index contributed by atoms with van der Waals surface area (Å²) in [6, 6.07) is 26.7. The van der Waals surface area contributed by atoms with Crippen LogP contribution in [0.25, 0.3) is 10.8 Å². The molecule has 1 amide bonds. The Bertz CT molecular complexity index is 2260. The molecule has 0 aliphatic heterocycles. The zero-order valence-corrected chi connectivity index (χ0v) is 27.2. The fourth-order valence-electron chi connectivity index (χ4n) is 6.26. The van der Waals surface area contributed by atoms with E-state index < -0.39 is 23.5 Å². The number of azo groups is 1. The number of ketones is 2. The fraction of sp³-hybridized carbons (Fsp3) is 0.125. The summed E-state index contributed by atoms with van der Waals surface area (Å²) in [7, 11) is 1.52. The van der Waals surface area contributed by atoms with Crippen molar-refractivity contribution in [2.45, 2.75) is 13.5 Å². The number of hydrogen-bond acceptors (Lipinski definition) is 9. The van der Waals surface area contributed by atoms with Crippen LogP contribution in [0.2, 0.25) is 0 Å². The summed E-state index contributed by atoms with van der Waals surface area (Å²) in [5, 5.41) is 24.5. The van der Waals surface area contributed by atoms with Gasteiger partial charge < -0.3 is 15.2 Å². The van der Waals surface area contributed by atoms with Crippen molar-refractivity contribution in [3.05, 3.63) is 143 Å². The van der Waals surface area contributed by atoms with Crippen LogP contribution in [0.15, 0.2) is 126 Å². The van der Waals surface area contributed by atoms with Crippen molar-refractivity contribution in [2.24, 2.45) is 22.1 Å². The van der Waals surface area contributed by atoms with E-state index in [2.05, 4.69) is 21.0 Å². The van der Waals surface area contributed by atoms with Crippen LogP contribution in [0, 0.1) is 18.8 Å². The third-order valence-corrected chi connectivity index (χ3v) is 8.75. The number of aryl methyl sites for hydroxylation is 1. The maximum absolute atomic E-state index is 13.9. The van der Waals surface area contributed by atoms with Gasteiger partial charge >= 0.3 is 0 Å². The monoisotopic (exact) mass is 664 g/mol. The van der Waals surface area contributed by atoms with Gasteiger partial charge in [-0.25, -0.2) is 0 Å². The Hall–Kier alpha value is -6.39. The standard InChI is InChI=1S/C40H32N4O6/c1-23-15-17-27-25(19-23)21-31(40(48)41-32-14-8-13-30-35(32)38(46)29-12-7-6-11-28(29)37(30)45)39(47)36(27)43-42-33-20-24(16-18-34(33)49-2)22-50-44-26-9-4-3-5-10-26/h3-21,28-29,44,47H,22H2,1-2H3,(H,41,48). The molecule has 0 bridgehead atoms. The lowest BCUT2D eigenvalue weighted by atomic mass is 9.72. The Morgan fingerprint density at radius 3 is 2.42 bits per heavy atom. The number of para-hydroxylation sites is 1. The highest BCUT2D eigenvalue weighted by molar-refractivity contribution is 6.22. The Kier molecular flexibility index (Phi) is 8.76. The van der Waals surface area contributed by atoms with Crippen molar-refractivity contribution in [2.75, 3.05) is 17.9 Å². The van der Waals surface area contributed by atoms with E-state index in [4.69, 9.17) is 9.57 Å². The van der Waals surface area contributed by atoms with Gasteiger partial charge in [-0.1, -0.05) is 84.5 Å². The van der Waals surface area contributed by atoms with Gasteiger partial charge in [0.25, 0.3) is 5.91 Å². The molecule has 0 saturated heterocycles. The van der Waals surface area contributed by atoms with E-state index in [9.17, 15) is 19.5 Å². The smallest absolute Gasteiger partial charge is 0.259 e. The Balaban J connectivity index is 1.21. The Labute approximate surface area is 287 Å². The molecule has 0 spiro atoms. The van der Waals surface area contributed by atoms with E-state index in [-0.39, 0.29) is 46.2 Å². The van der Waals surface area contributed by atoms with Crippen LogP contribution in [0.1, 0.15) is 42.2 Å². The van der Waals surface area contributed by atoms with E-state index in [0.29, 0.717) is 22.2 Å². The van der Waals surface area contributed by atoms with Crippen LogP contribution >= 0.6 is 0 Å². The number of phenolic OH excluding ortho intramolecular Hbond substituents is 1. The number of rotatable bonds is 9. The normalized spacial score (nSPS) is 16.4. The topological polar surface area (TPSA) is 139 Å². The zero-order chi connectivity index (χ0) is 34.8. The molecule has 3 N–H and O–H groups in total. The zero-order valence-electron chi connectivity index (χ0n) is 27.2. The van der Waals surface area contributed by atoms with Crippen molar-refractivity contribution in [3.8, 4) is 11.5 Å². The van der Waals surface area contributed by atoms with E-state index in [1.165, 1.54) is 7.11 Å². The lowest BCUT2D eigenvalue weighted by Gasteiger charge is -2.29. The van der Waals surface area contributed by atoms with E-state index in [1.54, 1.807) is 66.8 Å². The second kappa shape index (κ2) is 13.6. The van der Waals surface area contributed by atoms with Crippen molar-refractivity contribution in [1.82, 2.24) is 0 Å². The number of fused-ring (bicyclic) bond motifs is 3. The van der Waals surface area contributed by atoms with Crippen molar-refractivity contribution in [1.29, 1.82) is 0 Å². The number of phenols is 1. The molecular formula is C40H32N4O6. The summed E-state index contributed by atoms with van der Waals surface area (Å²) in [5.74, 6) is -2.31. The van der Waals surface area contributed by atoms with Crippen molar-refractivity contribution >= 4 is 51.0 Å². The molecular weight excluding hydrogens is 632 g/mol. The number of benzene rings is 5. The quantitative estimate of drug-likeness (QED) is 0.106. The number of amides is 1. The van der Waals surface area contributed by atoms with Gasteiger partial charge in [-0.3, -0.25) is 24.7 Å². The summed E-state index contributed by atoms with van der Waals surface area (Å²) in [6.07, 6.45) is 6.94. The molecule has 2 aliphatic rings. The largest absolute Gasteiger partial charge is 0.505 e. The number of carbonyl (C=O) groups is 3. The summed E-state index contributed by atoms with van der Waals surface area (Å²) < 4.78 is 5.52. The number of Topliss-reactive ketones (excluding diaryl/α,β-unsaturated/α-hetero) is 2. The molecule has 0 saturated carbocycles. The predicted molar refractivity (Wildman–Crippen MR) is 191 cm³/mol. The van der Waals surface area contributed by atoms with Crippen LogP contribution in [0.3, 0.4) is 0 Å². The van der Waals surface area contributed by atoms with Gasteiger partial charge in [0.05, 0.1) is 48.1 Å². The lowest BCUT2D eigenvalue weighted by Crippen LogP contribution is -2.36. The fourth-order valence-corrected chi connectivity index (χ4v) is 6.26. The third-order valence-electron chi connectivity index (χ3n) is 8.75. The minimum absolute atomic E-state index is 0.0745. The average Bonchev–Trinajstić information content (AvgIpc) is 3.13. The molecule has 0 heterocycles. The number of aromatic hydroxyl groups is 1. The summed E-state index contributed by atoms with van der Waals surface area (Å²) >= 11 is 0. The third kappa shape index (κ3) is 6.15. The van der Waals surface area contributed by atoms with Gasteiger partial charge in [-0.15, -0.1) is 10.2 Å². The first kappa shape index (κ1) is 32.2. The van der Waals surface area contributed by atoms with Gasteiger partial charge in [0.2, 0.25) is 0 Å². The Morgan fingerprint density at radius 2 is 1.64 bits per heavy atom. The van der Waals surface area contributed by atoms with Crippen LogP contribution < -0.4 is 15.5 Å². The van der Waals surface area contributed by atoms with Crippen LogP contribution in [-0.4, -0.2) is 29.7 Å². The molecule has 5 aromatic carbocycles. The first-order chi connectivity index (χ1) is 24.3. The molecule has 0 fully saturated rings. The van der Waals surface area contributed by atoms with Crippen LogP contribution in [0.4, 0.5) is 22.7 Å². The minimum Gasteiger partial charge on any atom is -0.505 e. The molecule has 7 rings (SSSR count). The van der Waals surface area contributed by atoms with E-state index >= 15 is 0 Å². The summed E-state index contributed by atoms with van der Waals surface area (Å²) in [4.78, 5) is 46.5. The van der Waals surface area contributed by atoms with Gasteiger partial charge in [0.1, 0.15) is 17.1 Å². The molecule has 0 aromatic heterocycles. The van der Waals surface area contributed by atoms with Crippen molar-refractivity contribution in [3.63, 3.8) is 0 Å². The number of carbonyl (C=O) groups excluding carboxylic acids is 3. The first-order valence-electron chi connectivity index (χ1n) is 16.0. The first-order valence-corrected chi connectivity index (χ1v) is 16.0. The molecule has 50 heavy (non-hydrogen) atoms. The highest BCUT2D eigenvalue weighted by atomic mass is 16.6. The number of allylic oxidation sites excluding steroid dienone is 4. The van der Waals surface area contributed by atoms with Gasteiger partial charge in [-0.05, 0) is 54.3 Å². The number of methoxy groups -OCH3 is 1. The highest BCUT2D eigenvalue weighted by Crippen LogP contribution is 2.42. The lowest BCUT2D eigenvalue weighted by molar-refractivity contribution is 0.0802. The highest BCUT2D eigenvalue weighted by Gasteiger charge is 2.41. The number of anilines is 2. The van der Waals surface area contributed by atoms with Crippen LogP contribution in [0.5, 0.6) is 11.5 Å². The average molecular weight is 665 g/mol. The molecule has 248 valence electrons. The van der Waals surface area contributed by atoms with E-state index in [0.717, 1.165) is 16.8 Å². The van der Waals surface area contributed by atoms with Crippen LogP contribution in [-0.2, 0) is 11.4 Å². The molecule has 10 nitrogen and oxygen atoms in total. The van der Waals surface area contributed by atoms with Gasteiger partial charge in [0.15, 0.2) is 17.3 Å². The predicted octanol–water partition coefficient (Wildman–Crippen LogP) is 8.81.